The summed E-state index contributed by atoms with van der Waals surface area (Å²) in [6, 6.07) is 6.78. The van der Waals surface area contributed by atoms with E-state index in [1.165, 1.54) is 4.90 Å². The Labute approximate surface area is 163 Å². The molecule has 1 heterocycles. The zero-order chi connectivity index (χ0) is 19.1. The van der Waals surface area contributed by atoms with Gasteiger partial charge in [0, 0.05) is 5.69 Å². The molecule has 3 aliphatic rings. The molecule has 6 heteroatoms. The van der Waals surface area contributed by atoms with Gasteiger partial charge >= 0.3 is 0 Å². The number of likely N-dealkylation sites (tertiary alicyclic amines) is 1. The lowest BCUT2D eigenvalue weighted by atomic mass is 9.85. The fourth-order valence-electron chi connectivity index (χ4n) is 4.77. The zero-order valence-corrected chi connectivity index (χ0v) is 16.4. The van der Waals surface area contributed by atoms with Gasteiger partial charge in [0.15, 0.2) is 0 Å². The Hall–Kier alpha value is -2.08. The Morgan fingerprint density at radius 3 is 2.41 bits per heavy atom. The van der Waals surface area contributed by atoms with Gasteiger partial charge in [-0.25, -0.2) is 0 Å². The highest BCUT2D eigenvalue weighted by Crippen LogP contribution is 2.53. The van der Waals surface area contributed by atoms with Crippen molar-refractivity contribution in [1.29, 1.82) is 0 Å². The maximum Gasteiger partial charge on any atom is 0.247 e. The van der Waals surface area contributed by atoms with E-state index >= 15 is 0 Å². The molecule has 2 fully saturated rings. The number of fused-ring (bicyclic) bond motifs is 5. The summed E-state index contributed by atoms with van der Waals surface area (Å²) >= 11 is 1.61. The molecule has 0 aromatic heterocycles. The summed E-state index contributed by atoms with van der Waals surface area (Å²) in [5.41, 5.74) is 1.67. The van der Waals surface area contributed by atoms with Crippen LogP contribution in [0.15, 0.2) is 36.4 Å². The molecule has 0 radical (unpaired) electrons. The quantitative estimate of drug-likeness (QED) is 0.605. The average molecular weight is 385 g/mol. The predicted molar refractivity (Wildman–Crippen MR) is 106 cm³/mol. The number of nitrogens with one attached hydrogen (secondary N) is 1. The number of anilines is 1. The fourth-order valence-corrected chi connectivity index (χ4v) is 5.23. The molecule has 5 atom stereocenters. The summed E-state index contributed by atoms with van der Waals surface area (Å²) in [6.45, 7) is 1.92. The highest BCUT2D eigenvalue weighted by atomic mass is 32.2. The number of para-hydroxylation sites is 1. The van der Waals surface area contributed by atoms with Crippen molar-refractivity contribution < 1.29 is 14.4 Å². The van der Waals surface area contributed by atoms with Crippen LogP contribution in [0, 0.1) is 30.6 Å². The molecule has 1 N–H and O–H groups in total. The smallest absolute Gasteiger partial charge is 0.247 e. The molecule has 27 heavy (non-hydrogen) atoms. The monoisotopic (exact) mass is 384 g/mol. The second-order valence-corrected chi connectivity index (χ2v) is 8.63. The molecule has 0 spiro atoms. The third-order valence-corrected chi connectivity index (χ3v) is 6.76. The number of allylic oxidation sites excluding steroid dienone is 2. The lowest BCUT2D eigenvalue weighted by Crippen LogP contribution is -2.48. The number of aryl methyl sites for hydroxylation is 1. The van der Waals surface area contributed by atoms with E-state index in [1.54, 1.807) is 11.8 Å². The third-order valence-electron chi connectivity index (χ3n) is 6.12. The maximum atomic E-state index is 13.1. The van der Waals surface area contributed by atoms with Crippen molar-refractivity contribution in [3.05, 3.63) is 42.0 Å². The number of amides is 3. The van der Waals surface area contributed by atoms with Crippen LogP contribution in [-0.2, 0) is 14.4 Å². The summed E-state index contributed by atoms with van der Waals surface area (Å²) in [4.78, 5) is 40.5. The van der Waals surface area contributed by atoms with Gasteiger partial charge in [0.05, 0.1) is 11.8 Å². The van der Waals surface area contributed by atoms with E-state index in [0.29, 0.717) is 12.2 Å². The van der Waals surface area contributed by atoms with Crippen molar-refractivity contribution in [2.45, 2.75) is 25.8 Å². The van der Waals surface area contributed by atoms with E-state index in [4.69, 9.17) is 0 Å². The molecule has 1 saturated heterocycles. The van der Waals surface area contributed by atoms with Crippen molar-refractivity contribution in [2.75, 3.05) is 17.3 Å². The molecule has 2 aliphatic carbocycles. The highest BCUT2D eigenvalue weighted by Gasteiger charge is 2.61. The minimum absolute atomic E-state index is 0.155. The molecular formula is C21H24N2O3S. The van der Waals surface area contributed by atoms with E-state index in [2.05, 4.69) is 17.5 Å². The summed E-state index contributed by atoms with van der Waals surface area (Å²) in [5.74, 6) is -0.111. The second kappa shape index (κ2) is 7.15. The zero-order valence-electron chi connectivity index (χ0n) is 15.6. The number of benzene rings is 1. The first-order valence-corrected chi connectivity index (χ1v) is 10.8. The highest BCUT2D eigenvalue weighted by molar-refractivity contribution is 7.98. The van der Waals surface area contributed by atoms with Crippen LogP contribution in [0.1, 0.15) is 18.4 Å². The van der Waals surface area contributed by atoms with Gasteiger partial charge in [-0.1, -0.05) is 30.4 Å². The van der Waals surface area contributed by atoms with Crippen LogP contribution in [0.2, 0.25) is 0 Å². The van der Waals surface area contributed by atoms with Crippen molar-refractivity contribution in [3.8, 4) is 0 Å². The molecular weight excluding hydrogens is 360 g/mol. The predicted octanol–water partition coefficient (Wildman–Crippen LogP) is 2.86. The van der Waals surface area contributed by atoms with E-state index < -0.39 is 6.04 Å². The Kier molecular flexibility index (Phi) is 4.84. The van der Waals surface area contributed by atoms with Gasteiger partial charge in [0.25, 0.3) is 0 Å². The van der Waals surface area contributed by atoms with Crippen molar-refractivity contribution in [1.82, 2.24) is 4.90 Å². The van der Waals surface area contributed by atoms with Crippen LogP contribution in [0.25, 0.3) is 0 Å². The van der Waals surface area contributed by atoms with E-state index in [-0.39, 0.29) is 41.4 Å². The summed E-state index contributed by atoms with van der Waals surface area (Å²) < 4.78 is 0. The number of carbonyl (C=O) groups is 3. The molecule has 2 bridgehead atoms. The topological polar surface area (TPSA) is 66.5 Å². The van der Waals surface area contributed by atoms with Crippen molar-refractivity contribution in [3.63, 3.8) is 0 Å². The lowest BCUT2D eigenvalue weighted by Gasteiger charge is -2.27. The summed E-state index contributed by atoms with van der Waals surface area (Å²) in [7, 11) is 0. The molecule has 5 unspecified atom stereocenters. The minimum atomic E-state index is -0.748. The Morgan fingerprint density at radius 2 is 1.81 bits per heavy atom. The van der Waals surface area contributed by atoms with Gasteiger partial charge in [-0.2, -0.15) is 11.8 Å². The fraction of sp³-hybridized carbons (Fsp3) is 0.476. The standard InChI is InChI=1S/C21H24N2O3S/c1-12-5-3-4-6-15(12)22-19(24)16(9-10-27-2)23-20(25)17-13-7-8-14(11-13)18(17)21(23)26/h3-8,13-14,16-18H,9-11H2,1-2H3,(H,22,24). The first-order valence-electron chi connectivity index (χ1n) is 9.43. The number of carbonyl (C=O) groups excluding carboxylic acids is 3. The molecule has 1 aromatic rings. The lowest BCUT2D eigenvalue weighted by molar-refractivity contribution is -0.147. The summed E-state index contributed by atoms with van der Waals surface area (Å²) in [6.07, 6.45) is 7.47. The van der Waals surface area contributed by atoms with E-state index in [1.807, 2.05) is 37.4 Å². The molecule has 1 saturated carbocycles. The van der Waals surface area contributed by atoms with Crippen molar-refractivity contribution >= 4 is 35.2 Å². The largest absolute Gasteiger partial charge is 0.324 e. The van der Waals surface area contributed by atoms with Crippen molar-refractivity contribution in [2.24, 2.45) is 23.7 Å². The number of hydrogen-bond donors (Lipinski definition) is 1. The Bertz CT molecular complexity index is 791. The van der Waals surface area contributed by atoms with Crippen LogP contribution in [-0.4, -0.2) is 40.7 Å². The first kappa shape index (κ1) is 18.3. The number of thioether (sulfide) groups is 1. The van der Waals surface area contributed by atoms with Crippen LogP contribution < -0.4 is 5.32 Å². The number of rotatable bonds is 6. The molecule has 4 rings (SSSR count). The second-order valence-electron chi connectivity index (χ2n) is 7.65. The van der Waals surface area contributed by atoms with E-state index in [0.717, 1.165) is 17.7 Å². The van der Waals surface area contributed by atoms with Crippen LogP contribution in [0.3, 0.4) is 0 Å². The number of hydrogen-bond acceptors (Lipinski definition) is 4. The Balaban J connectivity index is 1.59. The number of imide groups is 1. The van der Waals surface area contributed by atoms with Crippen LogP contribution in [0.4, 0.5) is 5.69 Å². The van der Waals surface area contributed by atoms with Gasteiger partial charge in [0.1, 0.15) is 6.04 Å². The van der Waals surface area contributed by atoms with Gasteiger partial charge in [-0.15, -0.1) is 0 Å². The maximum absolute atomic E-state index is 13.1. The molecule has 1 aliphatic heterocycles. The minimum Gasteiger partial charge on any atom is -0.324 e. The Morgan fingerprint density at radius 1 is 1.19 bits per heavy atom. The van der Waals surface area contributed by atoms with Gasteiger partial charge in [-0.05, 0) is 55.2 Å². The van der Waals surface area contributed by atoms with Gasteiger partial charge in [-0.3, -0.25) is 19.3 Å². The molecule has 3 amide bonds. The number of nitrogens with zero attached hydrogens (tertiary/aromatic N) is 1. The van der Waals surface area contributed by atoms with Gasteiger partial charge < -0.3 is 5.32 Å². The van der Waals surface area contributed by atoms with Gasteiger partial charge in [0.2, 0.25) is 17.7 Å². The molecule has 142 valence electrons. The third kappa shape index (κ3) is 3.00. The van der Waals surface area contributed by atoms with Crippen LogP contribution in [0.5, 0.6) is 0 Å². The average Bonchev–Trinajstić information content (AvgIpc) is 3.33. The summed E-state index contributed by atoms with van der Waals surface area (Å²) in [5, 5.41) is 2.93. The SMILES string of the molecule is CSCCC(C(=O)Nc1ccccc1C)N1C(=O)C2C3C=CC(C3)C2C1=O. The first-order chi connectivity index (χ1) is 13.0. The normalized spacial score (nSPS) is 29.3. The van der Waals surface area contributed by atoms with E-state index in [9.17, 15) is 14.4 Å². The molecule has 1 aromatic carbocycles. The molecule has 5 nitrogen and oxygen atoms in total. The van der Waals surface area contributed by atoms with Crippen LogP contribution >= 0.6 is 11.8 Å².